The highest BCUT2D eigenvalue weighted by molar-refractivity contribution is 5.97. The Morgan fingerprint density at radius 2 is 1.86 bits per heavy atom. The first-order chi connectivity index (χ1) is 32.9. The van der Waals surface area contributed by atoms with Gasteiger partial charge in [-0.25, -0.2) is 5.43 Å². The molecule has 4 N–H and O–H groups in total. The van der Waals surface area contributed by atoms with Crippen LogP contribution >= 0.6 is 0 Å². The number of amides is 4. The summed E-state index contributed by atoms with van der Waals surface area (Å²) in [6.45, 7) is 15.5. The van der Waals surface area contributed by atoms with Crippen molar-refractivity contribution in [3.05, 3.63) is 71.5 Å². The van der Waals surface area contributed by atoms with Crippen molar-refractivity contribution in [3.63, 3.8) is 0 Å². The lowest BCUT2D eigenvalue weighted by Gasteiger charge is -2.41. The van der Waals surface area contributed by atoms with Gasteiger partial charge in [-0.1, -0.05) is 39.8 Å². The van der Waals surface area contributed by atoms with E-state index in [-0.39, 0.29) is 62.6 Å². The van der Waals surface area contributed by atoms with Crippen molar-refractivity contribution in [2.24, 2.45) is 11.3 Å². The standard InChI is InChI=1S/C52H68N8O9/c1-10-58-42-16-15-33-23-37(42)38(46(58)36-13-11-17-53-44(36)31(5)67-9)24-52(6,7)28-69-51(66)39-14-12-18-60(56-39)49(64)40(21-32-19-34(33)22-35(61)20-32)55-47(62)45(29(2)3)57(8)50(65)43-27-68-30(4)26-59(43)48(63)41-25-54-41/h11,13,15-17,19-20,22-23,29-31,39-41,43,45,54,56,61H,10,12,14,18,21,24-28H2,1-9H3,(H,55,62)/t30-,31+,39+,40+,41-,43+,45+/m1/s1. The average molecular weight is 949 g/mol. The van der Waals surface area contributed by atoms with Gasteiger partial charge in [-0.2, -0.15) is 0 Å². The van der Waals surface area contributed by atoms with Gasteiger partial charge in [0.1, 0.15) is 29.9 Å². The van der Waals surface area contributed by atoms with Crippen molar-refractivity contribution in [1.82, 2.24) is 40.4 Å². The van der Waals surface area contributed by atoms with Crippen LogP contribution in [0, 0.1) is 11.3 Å². The molecule has 0 spiro atoms. The molecule has 4 aliphatic rings. The van der Waals surface area contributed by atoms with Gasteiger partial charge in [0.05, 0.1) is 42.9 Å². The van der Waals surface area contributed by atoms with E-state index in [1.54, 1.807) is 30.3 Å². The minimum atomic E-state index is -1.20. The predicted octanol–water partition coefficient (Wildman–Crippen LogP) is 4.52. The second kappa shape index (κ2) is 20.2. The number of pyridine rings is 1. The fourth-order valence-corrected chi connectivity index (χ4v) is 10.3. The number of hydrogen-bond acceptors (Lipinski definition) is 12. The molecule has 3 saturated heterocycles. The number of aryl methyl sites for hydroxylation is 1. The van der Waals surface area contributed by atoms with E-state index in [0.717, 1.165) is 39.0 Å². The number of cyclic esters (lactones) is 1. The molecule has 17 heteroatoms. The van der Waals surface area contributed by atoms with Crippen LogP contribution in [0.15, 0.2) is 54.7 Å². The number of phenols is 1. The van der Waals surface area contributed by atoms with Crippen LogP contribution in [0.5, 0.6) is 5.75 Å². The average Bonchev–Trinajstić information content (AvgIpc) is 4.14. The summed E-state index contributed by atoms with van der Waals surface area (Å²) in [5.41, 5.74) is 9.46. The first-order valence-electron chi connectivity index (χ1n) is 24.3. The second-order valence-corrected chi connectivity index (χ2v) is 20.3. The third kappa shape index (κ3) is 10.4. The number of benzene rings is 2. The molecule has 0 aliphatic carbocycles. The summed E-state index contributed by atoms with van der Waals surface area (Å²) in [6.07, 6.45) is 2.64. The maximum Gasteiger partial charge on any atom is 0.324 e. The molecule has 69 heavy (non-hydrogen) atoms. The van der Waals surface area contributed by atoms with Crippen molar-refractivity contribution in [3.8, 4) is 28.1 Å². The molecule has 0 unspecified atom stereocenters. The van der Waals surface area contributed by atoms with Gasteiger partial charge in [0.15, 0.2) is 0 Å². The molecule has 0 radical (unpaired) electrons. The number of morpholine rings is 1. The van der Waals surface area contributed by atoms with Crippen molar-refractivity contribution < 1.29 is 43.3 Å². The normalized spacial score (nSPS) is 23.8. The number of ether oxygens (including phenoxy) is 3. The molecule has 2 aromatic heterocycles. The molecule has 2 aromatic carbocycles. The molecule has 3 fully saturated rings. The Kier molecular flexibility index (Phi) is 14.5. The number of esters is 1. The Morgan fingerprint density at radius 1 is 1.09 bits per heavy atom. The Hall–Kier alpha value is -5.88. The van der Waals surface area contributed by atoms with E-state index in [4.69, 9.17) is 19.2 Å². The molecule has 4 amide bonds. The van der Waals surface area contributed by atoms with Crippen LogP contribution in [0.4, 0.5) is 0 Å². The highest BCUT2D eigenvalue weighted by atomic mass is 16.5. The van der Waals surface area contributed by atoms with Crippen LogP contribution in [-0.2, 0) is 57.6 Å². The summed E-state index contributed by atoms with van der Waals surface area (Å²) in [6, 6.07) is 11.0. The number of methoxy groups -OCH3 is 1. The van der Waals surface area contributed by atoms with Crippen molar-refractivity contribution in [2.75, 3.05) is 47.0 Å². The summed E-state index contributed by atoms with van der Waals surface area (Å²) in [5, 5.41) is 19.8. The van der Waals surface area contributed by atoms with Gasteiger partial charge in [0.2, 0.25) is 17.7 Å². The monoisotopic (exact) mass is 949 g/mol. The van der Waals surface area contributed by atoms with Crippen LogP contribution < -0.4 is 16.1 Å². The van der Waals surface area contributed by atoms with Crippen LogP contribution in [-0.4, -0.2) is 142 Å². The first-order valence-corrected chi connectivity index (χ1v) is 24.3. The molecule has 370 valence electrons. The maximum atomic E-state index is 14.8. The number of likely N-dealkylation sites (N-methyl/N-ethyl adjacent to an activating group) is 1. The molecular formula is C52H68N8O9. The number of fused-ring (bicyclic) bond motifs is 6. The zero-order valence-electron chi connectivity index (χ0n) is 41.3. The largest absolute Gasteiger partial charge is 0.508 e. The lowest BCUT2D eigenvalue weighted by molar-refractivity contribution is -0.160. The number of aromatic hydroxyl groups is 1. The minimum absolute atomic E-state index is 0.0170. The van der Waals surface area contributed by atoms with Gasteiger partial charge in [0.25, 0.3) is 5.91 Å². The number of carbonyl (C=O) groups excluding carboxylic acids is 5. The van der Waals surface area contributed by atoms with Crippen LogP contribution in [0.3, 0.4) is 0 Å². The highest BCUT2D eigenvalue weighted by Crippen LogP contribution is 2.42. The highest BCUT2D eigenvalue weighted by Gasteiger charge is 2.45. The Bertz CT molecular complexity index is 2610. The van der Waals surface area contributed by atoms with Crippen molar-refractivity contribution >= 4 is 40.5 Å². The van der Waals surface area contributed by atoms with E-state index < -0.39 is 59.2 Å². The molecule has 17 nitrogen and oxygen atoms in total. The minimum Gasteiger partial charge on any atom is -0.508 e. The van der Waals surface area contributed by atoms with Gasteiger partial charge >= 0.3 is 5.97 Å². The van der Waals surface area contributed by atoms with E-state index >= 15 is 0 Å². The number of nitrogens with one attached hydrogen (secondary N) is 3. The van der Waals surface area contributed by atoms with Crippen LogP contribution in [0.2, 0.25) is 0 Å². The molecule has 0 saturated carbocycles. The second-order valence-electron chi connectivity index (χ2n) is 20.3. The Morgan fingerprint density at radius 3 is 2.57 bits per heavy atom. The summed E-state index contributed by atoms with van der Waals surface area (Å²) in [7, 11) is 3.21. The number of hydrazine groups is 1. The summed E-state index contributed by atoms with van der Waals surface area (Å²) >= 11 is 0. The Labute approximate surface area is 404 Å². The zero-order chi connectivity index (χ0) is 49.5. The SMILES string of the molecule is CCn1c(-c2cccnc2[C@H](C)OC)c2c3cc(ccc31)-c1cc(O)cc(c1)C[C@H](NC(=O)[C@H](C(C)C)N(C)C(=O)[C@@H]1CO[C@H](C)CN1C(=O)[C@H]1CN1)C(=O)N1CCC[C@H](N1)C(=O)OCC(C)(C)C2. The van der Waals surface area contributed by atoms with Crippen LogP contribution in [0.25, 0.3) is 33.3 Å². The molecular weight excluding hydrogens is 881 g/mol. The number of rotatable bonds is 10. The van der Waals surface area contributed by atoms with Crippen LogP contribution in [0.1, 0.15) is 84.2 Å². The third-order valence-electron chi connectivity index (χ3n) is 14.0. The summed E-state index contributed by atoms with van der Waals surface area (Å²) < 4.78 is 20.1. The number of nitrogens with zero attached hydrogens (tertiary/aromatic N) is 5. The number of hydrogen-bond donors (Lipinski definition) is 4. The van der Waals surface area contributed by atoms with E-state index in [9.17, 15) is 29.1 Å². The summed E-state index contributed by atoms with van der Waals surface area (Å²) in [5.74, 6) is -2.63. The van der Waals surface area contributed by atoms with Gasteiger partial charge in [0, 0.05) is 74.8 Å². The first kappa shape index (κ1) is 49.5. The quantitative estimate of drug-likeness (QED) is 0.128. The van der Waals surface area contributed by atoms with E-state index in [2.05, 4.69) is 59.6 Å². The molecule has 6 heterocycles. The number of phenolic OH excluding ortho intramolecular Hbond substituents is 1. The predicted molar refractivity (Wildman–Crippen MR) is 259 cm³/mol. The van der Waals surface area contributed by atoms with E-state index in [0.29, 0.717) is 43.5 Å². The Balaban J connectivity index is 1.19. The van der Waals surface area contributed by atoms with Gasteiger partial charge in [-0.15, -0.1) is 0 Å². The number of aromatic nitrogens is 2. The lowest BCUT2D eigenvalue weighted by Crippen LogP contribution is -2.64. The summed E-state index contributed by atoms with van der Waals surface area (Å²) in [4.78, 5) is 78.9. The topological polar surface area (TPSA) is 207 Å². The molecule has 4 aliphatic heterocycles. The smallest absolute Gasteiger partial charge is 0.324 e. The lowest BCUT2D eigenvalue weighted by atomic mass is 9.84. The fraction of sp³-hybridized carbons (Fsp3) is 0.538. The molecule has 4 aromatic rings. The van der Waals surface area contributed by atoms with Crippen molar-refractivity contribution in [2.45, 2.75) is 123 Å². The molecule has 8 rings (SSSR count). The van der Waals surface area contributed by atoms with Crippen molar-refractivity contribution in [1.29, 1.82) is 0 Å². The maximum absolute atomic E-state index is 14.8. The number of carbonyl (C=O) groups is 5. The zero-order valence-corrected chi connectivity index (χ0v) is 41.3. The molecule has 7 atom stereocenters. The van der Waals surface area contributed by atoms with Gasteiger partial charge < -0.3 is 44.3 Å². The van der Waals surface area contributed by atoms with Gasteiger partial charge in [-0.05, 0) is 105 Å². The fourth-order valence-electron chi connectivity index (χ4n) is 10.3. The molecule has 6 bridgehead atoms. The van der Waals surface area contributed by atoms with E-state index in [1.807, 2.05) is 45.9 Å². The van der Waals surface area contributed by atoms with Gasteiger partial charge in [-0.3, -0.25) is 34.0 Å². The van der Waals surface area contributed by atoms with E-state index in [1.165, 1.54) is 17.0 Å². The third-order valence-corrected chi connectivity index (χ3v) is 14.0.